The molecule has 0 bridgehead atoms. The number of nitrogens with two attached hydrogens (primary N) is 1. The maximum Gasteiger partial charge on any atom is 0.116 e. The fraction of sp³-hybridized carbons (Fsp3) is 0.400. The normalized spacial score (nSPS) is 12.5. The Hall–Kier alpha value is -1.03. The third-order valence-electron chi connectivity index (χ3n) is 2.15. The molecule has 0 heterocycles. The Kier molecular flexibility index (Phi) is 3.52. The van der Waals surface area contributed by atoms with Crippen molar-refractivity contribution in [2.24, 2.45) is 0 Å². The molecule has 14 heavy (non-hydrogen) atoms. The first-order chi connectivity index (χ1) is 6.54. The lowest BCUT2D eigenvalue weighted by Gasteiger charge is -2.10. The van der Waals surface area contributed by atoms with Gasteiger partial charge in [-0.15, -0.1) is 0 Å². The van der Waals surface area contributed by atoms with E-state index in [0.717, 1.165) is 16.8 Å². The van der Waals surface area contributed by atoms with E-state index in [0.29, 0.717) is 11.4 Å². The first-order valence-corrected chi connectivity index (χ1v) is 5.88. The number of hydrogen-bond donors (Lipinski definition) is 2. The molecule has 3 nitrogen and oxygen atoms in total. The molecular weight excluding hydrogens is 196 g/mol. The fourth-order valence-electron chi connectivity index (χ4n) is 1.12. The van der Waals surface area contributed by atoms with Crippen molar-refractivity contribution in [3.05, 3.63) is 23.3 Å². The van der Waals surface area contributed by atoms with Crippen molar-refractivity contribution in [1.29, 1.82) is 0 Å². The first kappa shape index (κ1) is 11.0. The largest absolute Gasteiger partial charge is 0.397 e. The van der Waals surface area contributed by atoms with Crippen molar-refractivity contribution in [3.8, 4) is 0 Å². The van der Waals surface area contributed by atoms with Gasteiger partial charge in [-0.05, 0) is 37.1 Å². The smallest absolute Gasteiger partial charge is 0.116 e. The monoisotopic (exact) mass is 212 g/mol. The molecule has 1 rings (SSSR count). The van der Waals surface area contributed by atoms with Crippen molar-refractivity contribution < 1.29 is 4.21 Å². The minimum Gasteiger partial charge on any atom is -0.397 e. The van der Waals surface area contributed by atoms with Crippen molar-refractivity contribution in [2.45, 2.75) is 20.8 Å². The molecule has 1 atom stereocenters. The Morgan fingerprint density at radius 3 is 2.50 bits per heavy atom. The van der Waals surface area contributed by atoms with Crippen LogP contribution < -0.4 is 10.5 Å². The Morgan fingerprint density at radius 1 is 1.36 bits per heavy atom. The fourth-order valence-corrected chi connectivity index (χ4v) is 1.69. The van der Waals surface area contributed by atoms with Crippen LogP contribution in [0.1, 0.15) is 18.1 Å². The van der Waals surface area contributed by atoms with Crippen LogP contribution in [0.3, 0.4) is 0 Å². The number of nitrogen functional groups attached to an aromatic ring is 1. The summed E-state index contributed by atoms with van der Waals surface area (Å²) in [4.78, 5) is 0. The highest BCUT2D eigenvalue weighted by molar-refractivity contribution is 7.86. The highest BCUT2D eigenvalue weighted by Gasteiger charge is 2.04. The molecule has 0 aromatic heterocycles. The van der Waals surface area contributed by atoms with Crippen LogP contribution >= 0.6 is 0 Å². The summed E-state index contributed by atoms with van der Waals surface area (Å²) in [5, 5.41) is 0. The number of rotatable bonds is 3. The quantitative estimate of drug-likeness (QED) is 0.753. The van der Waals surface area contributed by atoms with Crippen LogP contribution in [0.4, 0.5) is 11.4 Å². The van der Waals surface area contributed by atoms with Gasteiger partial charge in [0.05, 0.1) is 11.4 Å². The Bertz CT molecular complexity index is 363. The SMILES string of the molecule is CCS(=O)Nc1cc(C)c(C)cc1N. The molecule has 1 aromatic carbocycles. The molecule has 1 aromatic rings. The van der Waals surface area contributed by atoms with Gasteiger partial charge in [0.15, 0.2) is 0 Å². The van der Waals surface area contributed by atoms with Crippen molar-refractivity contribution in [3.63, 3.8) is 0 Å². The van der Waals surface area contributed by atoms with E-state index in [4.69, 9.17) is 5.73 Å². The van der Waals surface area contributed by atoms with Gasteiger partial charge in [0.2, 0.25) is 0 Å². The van der Waals surface area contributed by atoms with Crippen LogP contribution in [0.15, 0.2) is 12.1 Å². The molecule has 0 aliphatic carbocycles. The molecule has 0 saturated carbocycles. The van der Waals surface area contributed by atoms with Gasteiger partial charge < -0.3 is 10.5 Å². The topological polar surface area (TPSA) is 55.1 Å². The lowest BCUT2D eigenvalue weighted by Crippen LogP contribution is -2.08. The summed E-state index contributed by atoms with van der Waals surface area (Å²) in [5.74, 6) is 0.576. The molecule has 0 aliphatic heterocycles. The van der Waals surface area contributed by atoms with E-state index in [1.54, 1.807) is 0 Å². The molecule has 0 spiro atoms. The van der Waals surface area contributed by atoms with Gasteiger partial charge in [-0.3, -0.25) is 0 Å². The average Bonchev–Trinajstić information content (AvgIpc) is 2.14. The average molecular weight is 212 g/mol. The van der Waals surface area contributed by atoms with Crippen LogP contribution in [0.25, 0.3) is 0 Å². The molecular formula is C10H16N2OS. The minimum atomic E-state index is -1.03. The zero-order valence-corrected chi connectivity index (χ0v) is 9.57. The Labute approximate surface area is 87.3 Å². The van der Waals surface area contributed by atoms with E-state index in [9.17, 15) is 4.21 Å². The van der Waals surface area contributed by atoms with Crippen LogP contribution in [0.5, 0.6) is 0 Å². The van der Waals surface area contributed by atoms with E-state index >= 15 is 0 Å². The summed E-state index contributed by atoms with van der Waals surface area (Å²) in [6.45, 7) is 5.88. The van der Waals surface area contributed by atoms with E-state index < -0.39 is 11.0 Å². The molecule has 0 amide bonds. The zero-order chi connectivity index (χ0) is 10.7. The number of hydrogen-bond acceptors (Lipinski definition) is 2. The summed E-state index contributed by atoms with van der Waals surface area (Å²) in [7, 11) is -1.03. The van der Waals surface area contributed by atoms with Crippen LogP contribution in [0, 0.1) is 13.8 Å². The van der Waals surface area contributed by atoms with Gasteiger partial charge in [-0.25, -0.2) is 4.21 Å². The number of nitrogens with one attached hydrogen (secondary N) is 1. The third kappa shape index (κ3) is 2.48. The van der Waals surface area contributed by atoms with E-state index in [-0.39, 0.29) is 0 Å². The highest BCUT2D eigenvalue weighted by atomic mass is 32.2. The zero-order valence-electron chi connectivity index (χ0n) is 8.76. The Morgan fingerprint density at radius 2 is 1.93 bits per heavy atom. The maximum absolute atomic E-state index is 11.3. The lowest BCUT2D eigenvalue weighted by molar-refractivity contribution is 0.687. The van der Waals surface area contributed by atoms with E-state index in [1.807, 2.05) is 32.9 Å². The van der Waals surface area contributed by atoms with Crippen LogP contribution in [-0.2, 0) is 11.0 Å². The number of aryl methyl sites for hydroxylation is 2. The van der Waals surface area contributed by atoms with Gasteiger partial charge in [-0.2, -0.15) is 0 Å². The van der Waals surface area contributed by atoms with E-state index in [1.165, 1.54) is 0 Å². The van der Waals surface area contributed by atoms with Gasteiger partial charge in [0, 0.05) is 5.75 Å². The second kappa shape index (κ2) is 4.46. The van der Waals surface area contributed by atoms with Gasteiger partial charge in [0.25, 0.3) is 0 Å². The van der Waals surface area contributed by atoms with Crippen molar-refractivity contribution >= 4 is 22.4 Å². The van der Waals surface area contributed by atoms with Crippen LogP contribution in [0.2, 0.25) is 0 Å². The van der Waals surface area contributed by atoms with Crippen molar-refractivity contribution in [1.82, 2.24) is 0 Å². The number of anilines is 2. The molecule has 1 unspecified atom stereocenters. The van der Waals surface area contributed by atoms with Crippen LogP contribution in [-0.4, -0.2) is 9.96 Å². The number of benzene rings is 1. The first-order valence-electron chi connectivity index (χ1n) is 4.56. The molecule has 0 radical (unpaired) electrons. The maximum atomic E-state index is 11.3. The lowest BCUT2D eigenvalue weighted by atomic mass is 10.1. The van der Waals surface area contributed by atoms with Gasteiger partial charge in [-0.1, -0.05) is 6.92 Å². The molecule has 4 heteroatoms. The second-order valence-electron chi connectivity index (χ2n) is 3.26. The molecule has 0 fully saturated rings. The molecule has 3 N–H and O–H groups in total. The van der Waals surface area contributed by atoms with Gasteiger partial charge in [0.1, 0.15) is 11.0 Å². The predicted molar refractivity (Wildman–Crippen MR) is 62.6 cm³/mol. The summed E-state index contributed by atoms with van der Waals surface area (Å²) in [5.41, 5.74) is 9.50. The third-order valence-corrected chi connectivity index (χ3v) is 3.12. The van der Waals surface area contributed by atoms with Crippen molar-refractivity contribution in [2.75, 3.05) is 16.2 Å². The van der Waals surface area contributed by atoms with Gasteiger partial charge >= 0.3 is 0 Å². The minimum absolute atomic E-state index is 0.576. The highest BCUT2D eigenvalue weighted by Crippen LogP contribution is 2.23. The molecule has 0 aliphatic rings. The summed E-state index contributed by atoms with van der Waals surface area (Å²) in [6, 6.07) is 3.82. The molecule has 78 valence electrons. The second-order valence-corrected chi connectivity index (χ2v) is 4.73. The summed E-state index contributed by atoms with van der Waals surface area (Å²) in [6.07, 6.45) is 0. The van der Waals surface area contributed by atoms with E-state index in [2.05, 4.69) is 4.72 Å². The molecule has 0 saturated heterocycles. The predicted octanol–water partition coefficient (Wildman–Crippen LogP) is 1.98. The standard InChI is InChI=1S/C10H16N2OS/c1-4-14(13)12-10-6-8(3)7(2)5-9(10)11/h5-6,12H,4,11H2,1-3H3. The Balaban J connectivity index is 2.98. The summed E-state index contributed by atoms with van der Waals surface area (Å²) < 4.78 is 14.1. The summed E-state index contributed by atoms with van der Waals surface area (Å²) >= 11 is 0.